The molecule has 1 aromatic heterocycles. The van der Waals surface area contributed by atoms with Gasteiger partial charge in [-0.15, -0.1) is 0 Å². The summed E-state index contributed by atoms with van der Waals surface area (Å²) in [7, 11) is 1.61. The van der Waals surface area contributed by atoms with Gasteiger partial charge in [0.1, 0.15) is 5.75 Å². The van der Waals surface area contributed by atoms with Gasteiger partial charge in [-0.3, -0.25) is 4.98 Å². The van der Waals surface area contributed by atoms with E-state index < -0.39 is 0 Å². The van der Waals surface area contributed by atoms with Gasteiger partial charge in [0.25, 0.3) is 0 Å². The first-order chi connectivity index (χ1) is 7.72. The van der Waals surface area contributed by atoms with E-state index in [1.165, 1.54) is 5.56 Å². The summed E-state index contributed by atoms with van der Waals surface area (Å²) in [5, 5.41) is 1.67. The minimum absolute atomic E-state index is 0.595. The molecule has 0 aliphatic rings. The summed E-state index contributed by atoms with van der Waals surface area (Å²) in [5.74, 6) is 0.690. The van der Waals surface area contributed by atoms with E-state index in [1.807, 2.05) is 39.0 Å². The molecule has 0 saturated heterocycles. The van der Waals surface area contributed by atoms with Gasteiger partial charge in [0, 0.05) is 11.6 Å². The van der Waals surface area contributed by atoms with Crippen LogP contribution in [0.15, 0.2) is 24.4 Å². The van der Waals surface area contributed by atoms with Crippen LogP contribution in [-0.4, -0.2) is 12.1 Å². The standard InChI is InChI=1S/C11H10ClNO.C2H6/c1-7-3-4-13-10-6-9(12)11(14-2)5-8(7)10;1-2/h3-6H,1-2H3;1-2H3. The minimum atomic E-state index is 0.595. The largest absolute Gasteiger partial charge is 0.495 e. The zero-order valence-corrected chi connectivity index (χ0v) is 10.8. The lowest BCUT2D eigenvalue weighted by atomic mass is 10.1. The number of pyridine rings is 1. The molecule has 0 aliphatic carbocycles. The number of benzene rings is 1. The Morgan fingerprint density at radius 1 is 1.25 bits per heavy atom. The maximum Gasteiger partial charge on any atom is 0.138 e. The van der Waals surface area contributed by atoms with E-state index in [1.54, 1.807) is 13.3 Å². The Hall–Kier alpha value is -1.28. The Kier molecular flexibility index (Phi) is 4.56. The highest BCUT2D eigenvalue weighted by Gasteiger charge is 2.05. The summed E-state index contributed by atoms with van der Waals surface area (Å²) in [6.45, 7) is 6.04. The number of ether oxygens (including phenoxy) is 1. The maximum atomic E-state index is 5.99. The first-order valence-corrected chi connectivity index (χ1v) is 5.69. The molecule has 3 heteroatoms. The molecule has 0 fully saturated rings. The quantitative estimate of drug-likeness (QED) is 0.741. The van der Waals surface area contributed by atoms with Crippen molar-refractivity contribution in [3.8, 4) is 5.75 Å². The molecule has 0 unspecified atom stereocenters. The van der Waals surface area contributed by atoms with Crippen LogP contribution in [0, 0.1) is 6.92 Å². The van der Waals surface area contributed by atoms with E-state index >= 15 is 0 Å². The molecule has 0 atom stereocenters. The zero-order chi connectivity index (χ0) is 12.1. The summed E-state index contributed by atoms with van der Waals surface area (Å²) in [6.07, 6.45) is 1.78. The lowest BCUT2D eigenvalue weighted by Crippen LogP contribution is -1.87. The Balaban J connectivity index is 0.000000606. The molecule has 16 heavy (non-hydrogen) atoms. The van der Waals surface area contributed by atoms with E-state index in [0.29, 0.717) is 10.8 Å². The Labute approximate surface area is 101 Å². The number of nitrogens with zero attached hydrogens (tertiary/aromatic N) is 1. The van der Waals surface area contributed by atoms with Crippen LogP contribution in [0.2, 0.25) is 5.02 Å². The van der Waals surface area contributed by atoms with Crippen LogP contribution in [0.4, 0.5) is 0 Å². The highest BCUT2D eigenvalue weighted by molar-refractivity contribution is 6.32. The van der Waals surface area contributed by atoms with Gasteiger partial charge in [0.15, 0.2) is 0 Å². The summed E-state index contributed by atoms with van der Waals surface area (Å²) >= 11 is 5.99. The van der Waals surface area contributed by atoms with Gasteiger partial charge in [-0.1, -0.05) is 25.4 Å². The Morgan fingerprint density at radius 2 is 1.94 bits per heavy atom. The first-order valence-electron chi connectivity index (χ1n) is 5.31. The average Bonchev–Trinajstić information content (AvgIpc) is 2.31. The average molecular weight is 238 g/mol. The molecule has 86 valence electrons. The van der Waals surface area contributed by atoms with Crippen LogP contribution in [0.25, 0.3) is 10.9 Å². The van der Waals surface area contributed by atoms with E-state index in [2.05, 4.69) is 4.98 Å². The van der Waals surface area contributed by atoms with Gasteiger partial charge in [0.05, 0.1) is 17.6 Å². The van der Waals surface area contributed by atoms with Crippen LogP contribution in [0.1, 0.15) is 19.4 Å². The number of fused-ring (bicyclic) bond motifs is 1. The third kappa shape index (κ3) is 2.45. The van der Waals surface area contributed by atoms with E-state index in [-0.39, 0.29) is 0 Å². The second kappa shape index (κ2) is 5.71. The maximum absolute atomic E-state index is 5.99. The van der Waals surface area contributed by atoms with Crippen LogP contribution in [0.3, 0.4) is 0 Å². The van der Waals surface area contributed by atoms with Crippen molar-refractivity contribution in [3.63, 3.8) is 0 Å². The summed E-state index contributed by atoms with van der Waals surface area (Å²) in [4.78, 5) is 4.24. The third-order valence-electron chi connectivity index (χ3n) is 2.23. The van der Waals surface area contributed by atoms with Crippen LogP contribution >= 0.6 is 11.6 Å². The highest BCUT2D eigenvalue weighted by atomic mass is 35.5. The number of halogens is 1. The number of aromatic nitrogens is 1. The lowest BCUT2D eigenvalue weighted by Gasteiger charge is -2.06. The molecule has 2 aromatic rings. The van der Waals surface area contributed by atoms with Gasteiger partial charge in [-0.05, 0) is 30.7 Å². The van der Waals surface area contributed by atoms with Crippen molar-refractivity contribution in [3.05, 3.63) is 35.0 Å². The molecular weight excluding hydrogens is 222 g/mol. The number of hydrogen-bond donors (Lipinski definition) is 0. The first kappa shape index (κ1) is 12.8. The molecule has 0 aliphatic heterocycles. The van der Waals surface area contributed by atoms with Crippen LogP contribution in [-0.2, 0) is 0 Å². The lowest BCUT2D eigenvalue weighted by molar-refractivity contribution is 0.415. The molecule has 1 heterocycles. The number of aryl methyl sites for hydroxylation is 1. The van der Waals surface area contributed by atoms with Crippen molar-refractivity contribution >= 4 is 22.5 Å². The third-order valence-corrected chi connectivity index (χ3v) is 2.53. The topological polar surface area (TPSA) is 22.1 Å². The molecule has 0 N–H and O–H groups in total. The molecule has 0 spiro atoms. The Morgan fingerprint density at radius 3 is 2.56 bits per heavy atom. The van der Waals surface area contributed by atoms with Crippen molar-refractivity contribution in [1.82, 2.24) is 4.98 Å². The smallest absolute Gasteiger partial charge is 0.138 e. The van der Waals surface area contributed by atoms with Crippen molar-refractivity contribution in [1.29, 1.82) is 0 Å². The van der Waals surface area contributed by atoms with E-state index in [4.69, 9.17) is 16.3 Å². The van der Waals surface area contributed by atoms with Gasteiger partial charge in [-0.25, -0.2) is 0 Å². The van der Waals surface area contributed by atoms with Crippen molar-refractivity contribution < 1.29 is 4.74 Å². The van der Waals surface area contributed by atoms with Crippen molar-refractivity contribution in [2.24, 2.45) is 0 Å². The second-order valence-corrected chi connectivity index (χ2v) is 3.54. The number of hydrogen-bond acceptors (Lipinski definition) is 2. The fourth-order valence-corrected chi connectivity index (χ4v) is 1.68. The minimum Gasteiger partial charge on any atom is -0.495 e. The van der Waals surface area contributed by atoms with Crippen molar-refractivity contribution in [2.75, 3.05) is 7.11 Å². The van der Waals surface area contributed by atoms with Gasteiger partial charge in [-0.2, -0.15) is 0 Å². The normalized spacial score (nSPS) is 9.56. The Bertz CT molecular complexity index is 483. The summed E-state index contributed by atoms with van der Waals surface area (Å²) in [5.41, 5.74) is 2.07. The number of methoxy groups -OCH3 is 1. The van der Waals surface area contributed by atoms with E-state index in [0.717, 1.165) is 10.9 Å². The SMILES string of the molecule is CC.COc1cc2c(C)ccnc2cc1Cl. The molecule has 1 aromatic carbocycles. The van der Waals surface area contributed by atoms with Gasteiger partial charge >= 0.3 is 0 Å². The van der Waals surface area contributed by atoms with Gasteiger partial charge < -0.3 is 4.74 Å². The molecule has 0 bridgehead atoms. The predicted molar refractivity (Wildman–Crippen MR) is 69.4 cm³/mol. The van der Waals surface area contributed by atoms with Crippen LogP contribution < -0.4 is 4.74 Å². The van der Waals surface area contributed by atoms with Gasteiger partial charge in [0.2, 0.25) is 0 Å². The number of rotatable bonds is 1. The fraction of sp³-hybridized carbons (Fsp3) is 0.308. The molecule has 0 amide bonds. The monoisotopic (exact) mass is 237 g/mol. The molecule has 2 nitrogen and oxygen atoms in total. The summed E-state index contributed by atoms with van der Waals surface area (Å²) < 4.78 is 5.15. The van der Waals surface area contributed by atoms with E-state index in [9.17, 15) is 0 Å². The van der Waals surface area contributed by atoms with Crippen molar-refractivity contribution in [2.45, 2.75) is 20.8 Å². The zero-order valence-electron chi connectivity index (χ0n) is 10.0. The second-order valence-electron chi connectivity index (χ2n) is 3.13. The highest BCUT2D eigenvalue weighted by Crippen LogP contribution is 2.30. The molecule has 0 radical (unpaired) electrons. The van der Waals surface area contributed by atoms with Crippen LogP contribution in [0.5, 0.6) is 5.75 Å². The fourth-order valence-electron chi connectivity index (χ4n) is 1.44. The predicted octanol–water partition coefficient (Wildman–Crippen LogP) is 4.23. The molecule has 2 rings (SSSR count). The summed E-state index contributed by atoms with van der Waals surface area (Å²) in [6, 6.07) is 5.71. The molecule has 0 saturated carbocycles. The molecular formula is C13H16ClNO.